The summed E-state index contributed by atoms with van der Waals surface area (Å²) in [5.74, 6) is -3.15. The zero-order chi connectivity index (χ0) is 20.6. The minimum atomic E-state index is -1.80. The van der Waals surface area contributed by atoms with Crippen LogP contribution in [0.5, 0.6) is 0 Å². The molecule has 0 unspecified atom stereocenters. The molecule has 1 fully saturated rings. The van der Waals surface area contributed by atoms with E-state index in [-0.39, 0.29) is 10.7 Å². The topological polar surface area (TPSA) is 93.4 Å². The molecule has 3 aromatic rings. The number of benzene rings is 2. The molecule has 4 aliphatic rings. The molecule has 2 aromatic carbocycles. The molecular formula is C23H15N3O4. The van der Waals surface area contributed by atoms with Crippen molar-refractivity contribution in [1.29, 1.82) is 0 Å². The van der Waals surface area contributed by atoms with E-state index in [4.69, 9.17) is 0 Å². The quantitative estimate of drug-likeness (QED) is 0.377. The second-order valence-electron chi connectivity index (χ2n) is 7.88. The number of carbonyl (C=O) groups excluding carboxylic acids is 2. The lowest BCUT2D eigenvalue weighted by Crippen LogP contribution is -2.57. The standard InChI is InChI=1S/C23H15N3O4/c27-21-19-18-13-7-1-3-9-15(13)23(26(29)30,16-10-4-2-8-14(16)18)20(19)22(28)25(21)17-11-5-6-12-24-17/h1-12,18-20H/t18?,19-,20+,23?/m1/s1. The summed E-state index contributed by atoms with van der Waals surface area (Å²) in [4.78, 5) is 44.8. The summed E-state index contributed by atoms with van der Waals surface area (Å²) in [5, 5.41) is 12.8. The van der Waals surface area contributed by atoms with Crippen LogP contribution < -0.4 is 4.90 Å². The number of hydrogen-bond acceptors (Lipinski definition) is 5. The van der Waals surface area contributed by atoms with E-state index in [1.165, 1.54) is 6.20 Å². The monoisotopic (exact) mass is 397 g/mol. The van der Waals surface area contributed by atoms with Gasteiger partial charge in [0.1, 0.15) is 11.7 Å². The van der Waals surface area contributed by atoms with E-state index in [9.17, 15) is 19.7 Å². The highest BCUT2D eigenvalue weighted by Crippen LogP contribution is 2.64. The number of pyridine rings is 1. The van der Waals surface area contributed by atoms with Crippen LogP contribution in [0.15, 0.2) is 72.9 Å². The van der Waals surface area contributed by atoms with Gasteiger partial charge in [0.15, 0.2) is 0 Å². The summed E-state index contributed by atoms with van der Waals surface area (Å²) in [7, 11) is 0. The maximum Gasteiger partial charge on any atom is 0.285 e. The van der Waals surface area contributed by atoms with Crippen molar-refractivity contribution in [2.24, 2.45) is 11.8 Å². The van der Waals surface area contributed by atoms with Gasteiger partial charge >= 0.3 is 0 Å². The minimum absolute atomic E-state index is 0.202. The lowest BCUT2D eigenvalue weighted by Gasteiger charge is -2.48. The third kappa shape index (κ3) is 1.74. The Morgan fingerprint density at radius 2 is 1.47 bits per heavy atom. The molecule has 2 heterocycles. The number of imide groups is 1. The van der Waals surface area contributed by atoms with E-state index in [1.807, 2.05) is 24.3 Å². The van der Waals surface area contributed by atoms with Gasteiger partial charge in [-0.15, -0.1) is 0 Å². The number of hydrogen-bond donors (Lipinski definition) is 0. The Hall–Kier alpha value is -3.87. The molecule has 2 atom stereocenters. The summed E-state index contributed by atoms with van der Waals surface area (Å²) in [6.07, 6.45) is 1.50. The van der Waals surface area contributed by atoms with Crippen molar-refractivity contribution in [3.63, 3.8) is 0 Å². The molecule has 0 spiro atoms. The Morgan fingerprint density at radius 1 is 0.867 bits per heavy atom. The molecule has 7 rings (SSSR count). The summed E-state index contributed by atoms with van der Waals surface area (Å²) in [6, 6.07) is 19.2. The number of nitro groups is 1. The fourth-order valence-corrected chi connectivity index (χ4v) is 5.75. The maximum atomic E-state index is 13.6. The van der Waals surface area contributed by atoms with Crippen molar-refractivity contribution >= 4 is 17.6 Å². The van der Waals surface area contributed by atoms with Gasteiger partial charge in [-0.2, -0.15) is 0 Å². The number of amides is 2. The van der Waals surface area contributed by atoms with Gasteiger partial charge < -0.3 is 0 Å². The molecule has 2 amide bonds. The predicted molar refractivity (Wildman–Crippen MR) is 106 cm³/mol. The Balaban J connectivity index is 1.70. The molecule has 1 saturated heterocycles. The molecule has 146 valence electrons. The molecule has 0 saturated carbocycles. The molecule has 3 aliphatic carbocycles. The second-order valence-corrected chi connectivity index (χ2v) is 7.88. The van der Waals surface area contributed by atoms with Crippen LogP contribution in [-0.4, -0.2) is 21.7 Å². The zero-order valence-electron chi connectivity index (χ0n) is 15.6. The maximum absolute atomic E-state index is 13.6. The highest BCUT2D eigenvalue weighted by atomic mass is 16.6. The average Bonchev–Trinajstić information content (AvgIpc) is 3.05. The fraction of sp³-hybridized carbons (Fsp3) is 0.174. The summed E-state index contributed by atoms with van der Waals surface area (Å²) in [5.41, 5.74) is 0.701. The van der Waals surface area contributed by atoms with E-state index in [2.05, 4.69) is 4.98 Å². The first-order chi connectivity index (χ1) is 14.6. The number of nitrogens with zero attached hydrogens (tertiary/aromatic N) is 3. The van der Waals surface area contributed by atoms with Gasteiger partial charge in [-0.25, -0.2) is 9.88 Å². The molecule has 0 radical (unpaired) electrons. The highest BCUT2D eigenvalue weighted by Gasteiger charge is 2.75. The second kappa shape index (κ2) is 5.60. The van der Waals surface area contributed by atoms with Crippen LogP contribution in [0.1, 0.15) is 28.2 Å². The van der Waals surface area contributed by atoms with E-state index in [1.54, 1.807) is 42.5 Å². The summed E-state index contributed by atoms with van der Waals surface area (Å²) < 4.78 is 0. The van der Waals surface area contributed by atoms with Gasteiger partial charge in [0.25, 0.3) is 5.54 Å². The van der Waals surface area contributed by atoms with Gasteiger partial charge in [-0.1, -0.05) is 54.6 Å². The van der Waals surface area contributed by atoms with Gasteiger partial charge in [0.2, 0.25) is 11.8 Å². The molecular weight excluding hydrogens is 382 g/mol. The van der Waals surface area contributed by atoms with E-state index in [0.717, 1.165) is 16.0 Å². The van der Waals surface area contributed by atoms with Gasteiger partial charge in [0, 0.05) is 28.2 Å². The average molecular weight is 397 g/mol. The summed E-state index contributed by atoms with van der Waals surface area (Å²) in [6.45, 7) is 0. The third-order valence-electron chi connectivity index (χ3n) is 6.74. The van der Waals surface area contributed by atoms with Crippen molar-refractivity contribution in [3.8, 4) is 0 Å². The van der Waals surface area contributed by atoms with Gasteiger partial charge in [0.05, 0.1) is 5.92 Å². The normalized spacial score (nSPS) is 28.1. The smallest absolute Gasteiger partial charge is 0.274 e. The van der Waals surface area contributed by atoms with Crippen molar-refractivity contribution in [3.05, 3.63) is 105 Å². The van der Waals surface area contributed by atoms with Gasteiger partial charge in [-0.05, 0) is 23.3 Å². The predicted octanol–water partition coefficient (Wildman–Crippen LogP) is 2.87. The van der Waals surface area contributed by atoms with Crippen LogP contribution in [0.3, 0.4) is 0 Å². The number of aromatic nitrogens is 1. The molecule has 7 heteroatoms. The van der Waals surface area contributed by atoms with E-state index < -0.39 is 35.1 Å². The van der Waals surface area contributed by atoms with Crippen molar-refractivity contribution in [2.75, 3.05) is 4.90 Å². The van der Waals surface area contributed by atoms with E-state index in [0.29, 0.717) is 11.1 Å². The van der Waals surface area contributed by atoms with Crippen LogP contribution in [0.4, 0.5) is 5.82 Å². The van der Waals surface area contributed by atoms with Crippen LogP contribution in [-0.2, 0) is 15.1 Å². The molecule has 2 bridgehead atoms. The first-order valence-electron chi connectivity index (χ1n) is 9.70. The number of carbonyl (C=O) groups is 2. The molecule has 1 aliphatic heterocycles. The van der Waals surface area contributed by atoms with Crippen molar-refractivity contribution in [1.82, 2.24) is 4.98 Å². The number of anilines is 1. The van der Waals surface area contributed by atoms with Crippen molar-refractivity contribution in [2.45, 2.75) is 11.5 Å². The lowest BCUT2D eigenvalue weighted by atomic mass is 9.51. The first kappa shape index (κ1) is 17.0. The Bertz CT molecular complexity index is 1210. The minimum Gasteiger partial charge on any atom is -0.274 e. The molecule has 1 aromatic heterocycles. The van der Waals surface area contributed by atoms with Crippen LogP contribution >= 0.6 is 0 Å². The van der Waals surface area contributed by atoms with E-state index >= 15 is 0 Å². The Labute approximate surface area is 171 Å². The van der Waals surface area contributed by atoms with Crippen LogP contribution in [0.25, 0.3) is 0 Å². The molecule has 0 N–H and O–H groups in total. The zero-order valence-corrected chi connectivity index (χ0v) is 15.6. The summed E-state index contributed by atoms with van der Waals surface area (Å²) >= 11 is 0. The van der Waals surface area contributed by atoms with Crippen LogP contribution in [0.2, 0.25) is 0 Å². The van der Waals surface area contributed by atoms with Crippen molar-refractivity contribution < 1.29 is 14.5 Å². The SMILES string of the molecule is O=C1[C@@H]2C3c4ccccc4C([N+](=O)[O-])(c4ccccc43)[C@@H]2C(=O)N1c1ccccn1. The largest absolute Gasteiger partial charge is 0.285 e. The lowest BCUT2D eigenvalue weighted by molar-refractivity contribution is -0.578. The van der Waals surface area contributed by atoms with Gasteiger partial charge in [-0.3, -0.25) is 19.7 Å². The fourth-order valence-electron chi connectivity index (χ4n) is 5.75. The Morgan fingerprint density at radius 3 is 2.03 bits per heavy atom. The molecule has 7 nitrogen and oxygen atoms in total. The van der Waals surface area contributed by atoms with Crippen LogP contribution in [0, 0.1) is 22.0 Å². The highest BCUT2D eigenvalue weighted by molar-refractivity contribution is 6.23. The molecule has 30 heavy (non-hydrogen) atoms. The number of rotatable bonds is 2. The first-order valence-corrected chi connectivity index (χ1v) is 9.70. The Kier molecular flexibility index (Phi) is 3.18. The third-order valence-corrected chi connectivity index (χ3v) is 6.74.